The minimum Gasteiger partial charge on any atom is -0.457 e. The summed E-state index contributed by atoms with van der Waals surface area (Å²) in [6.07, 6.45) is 0.663. The average Bonchev–Trinajstić information content (AvgIpc) is 2.42. The highest BCUT2D eigenvalue weighted by Crippen LogP contribution is 2.28. The minimum absolute atomic E-state index is 0.0649. The molecular weight excluding hydrogens is 238 g/mol. The first kappa shape index (κ1) is 13.6. The van der Waals surface area contributed by atoms with Crippen LogP contribution in [-0.2, 0) is 6.42 Å². The summed E-state index contributed by atoms with van der Waals surface area (Å²) in [5, 5.41) is 8.88. The van der Waals surface area contributed by atoms with Gasteiger partial charge in [0.2, 0.25) is 0 Å². The van der Waals surface area contributed by atoms with Gasteiger partial charge in [0.15, 0.2) is 0 Å². The van der Waals surface area contributed by atoms with E-state index in [0.29, 0.717) is 6.42 Å². The van der Waals surface area contributed by atoms with E-state index in [0.717, 1.165) is 22.6 Å². The Kier molecular flexibility index (Phi) is 4.55. The first-order valence-corrected chi connectivity index (χ1v) is 6.43. The zero-order valence-corrected chi connectivity index (χ0v) is 11.0. The lowest BCUT2D eigenvalue weighted by atomic mass is 10.1. The van der Waals surface area contributed by atoms with Crippen molar-refractivity contribution in [2.45, 2.75) is 19.4 Å². The van der Waals surface area contributed by atoms with Crippen LogP contribution in [0.2, 0.25) is 0 Å². The normalized spacial score (nSPS) is 12.2. The third kappa shape index (κ3) is 3.56. The third-order valence-electron chi connectivity index (χ3n) is 2.96. The second kappa shape index (κ2) is 6.36. The molecule has 3 N–H and O–H groups in total. The van der Waals surface area contributed by atoms with Crippen molar-refractivity contribution in [3.05, 3.63) is 59.7 Å². The van der Waals surface area contributed by atoms with Gasteiger partial charge in [0.1, 0.15) is 11.5 Å². The Hall–Kier alpha value is -1.84. The number of benzene rings is 2. The van der Waals surface area contributed by atoms with Crippen molar-refractivity contribution in [2.24, 2.45) is 5.73 Å². The summed E-state index contributed by atoms with van der Waals surface area (Å²) in [5.41, 5.74) is 8.00. The van der Waals surface area contributed by atoms with Crippen LogP contribution in [0.1, 0.15) is 24.1 Å². The molecule has 3 heteroatoms. The summed E-state index contributed by atoms with van der Waals surface area (Å²) in [4.78, 5) is 0. The number of ether oxygens (including phenoxy) is 1. The Balaban J connectivity index is 2.17. The lowest BCUT2D eigenvalue weighted by molar-refractivity contribution is 0.299. The number of rotatable bonds is 5. The quantitative estimate of drug-likeness (QED) is 0.865. The zero-order chi connectivity index (χ0) is 13.7. The summed E-state index contributed by atoms with van der Waals surface area (Å²) in [6.45, 7) is 2.10. The van der Waals surface area contributed by atoms with Crippen LogP contribution in [0.25, 0.3) is 0 Å². The molecule has 0 fully saturated rings. The molecule has 100 valence electrons. The van der Waals surface area contributed by atoms with Gasteiger partial charge in [-0.15, -0.1) is 0 Å². The Bertz CT molecular complexity index is 521. The highest BCUT2D eigenvalue weighted by molar-refractivity contribution is 5.39. The first-order chi connectivity index (χ1) is 9.20. The number of nitrogens with two attached hydrogens (primary N) is 1. The van der Waals surface area contributed by atoms with E-state index in [9.17, 15) is 0 Å². The Morgan fingerprint density at radius 1 is 1.11 bits per heavy atom. The zero-order valence-electron chi connectivity index (χ0n) is 11.0. The average molecular weight is 257 g/mol. The maximum Gasteiger partial charge on any atom is 0.132 e. The molecule has 0 heterocycles. The van der Waals surface area contributed by atoms with E-state index in [2.05, 4.69) is 0 Å². The van der Waals surface area contributed by atoms with Gasteiger partial charge >= 0.3 is 0 Å². The molecule has 2 aromatic rings. The summed E-state index contributed by atoms with van der Waals surface area (Å²) >= 11 is 0. The molecule has 2 aromatic carbocycles. The van der Waals surface area contributed by atoms with E-state index in [4.69, 9.17) is 15.6 Å². The van der Waals surface area contributed by atoms with E-state index in [1.54, 1.807) is 0 Å². The van der Waals surface area contributed by atoms with E-state index in [1.165, 1.54) is 0 Å². The second-order valence-corrected chi connectivity index (χ2v) is 4.55. The fraction of sp³-hybridized carbons (Fsp3) is 0.250. The van der Waals surface area contributed by atoms with Gasteiger partial charge in [-0.2, -0.15) is 0 Å². The summed E-state index contributed by atoms with van der Waals surface area (Å²) in [6, 6.07) is 15.4. The number of aliphatic hydroxyl groups is 1. The van der Waals surface area contributed by atoms with Gasteiger partial charge in [0, 0.05) is 18.2 Å². The highest BCUT2D eigenvalue weighted by atomic mass is 16.5. The molecule has 0 aromatic heterocycles. The van der Waals surface area contributed by atoms with Gasteiger partial charge in [-0.3, -0.25) is 0 Å². The number of para-hydroxylation sites is 1. The lowest BCUT2D eigenvalue weighted by Gasteiger charge is -2.13. The van der Waals surface area contributed by atoms with Gasteiger partial charge in [-0.05, 0) is 37.1 Å². The van der Waals surface area contributed by atoms with Crippen LogP contribution in [0.15, 0.2) is 48.5 Å². The summed E-state index contributed by atoms with van der Waals surface area (Å²) in [5.74, 6) is 1.56. The summed E-state index contributed by atoms with van der Waals surface area (Å²) in [7, 11) is 0. The topological polar surface area (TPSA) is 55.5 Å². The van der Waals surface area contributed by atoms with Gasteiger partial charge in [-0.25, -0.2) is 0 Å². The van der Waals surface area contributed by atoms with Crippen molar-refractivity contribution >= 4 is 0 Å². The van der Waals surface area contributed by atoms with Crippen LogP contribution in [0.3, 0.4) is 0 Å². The van der Waals surface area contributed by atoms with E-state index >= 15 is 0 Å². The first-order valence-electron chi connectivity index (χ1n) is 6.43. The van der Waals surface area contributed by atoms with Crippen LogP contribution in [-0.4, -0.2) is 11.7 Å². The smallest absolute Gasteiger partial charge is 0.132 e. The minimum atomic E-state index is -0.0649. The number of aliphatic hydroxyl groups excluding tert-OH is 1. The molecule has 0 unspecified atom stereocenters. The van der Waals surface area contributed by atoms with Crippen LogP contribution in [0.5, 0.6) is 11.5 Å². The van der Waals surface area contributed by atoms with E-state index in [-0.39, 0.29) is 12.6 Å². The SMILES string of the molecule is C[C@H](N)c1ccccc1Oc1ccc(CCO)cc1. The molecule has 0 aliphatic carbocycles. The van der Waals surface area contributed by atoms with Crippen molar-refractivity contribution in [2.75, 3.05) is 6.61 Å². The van der Waals surface area contributed by atoms with Crippen molar-refractivity contribution in [1.82, 2.24) is 0 Å². The second-order valence-electron chi connectivity index (χ2n) is 4.55. The third-order valence-corrected chi connectivity index (χ3v) is 2.96. The maximum absolute atomic E-state index is 8.88. The number of hydrogen-bond acceptors (Lipinski definition) is 3. The molecule has 0 saturated heterocycles. The monoisotopic (exact) mass is 257 g/mol. The number of hydrogen-bond donors (Lipinski definition) is 2. The van der Waals surface area contributed by atoms with E-state index in [1.807, 2.05) is 55.5 Å². The van der Waals surface area contributed by atoms with Gasteiger partial charge in [-0.1, -0.05) is 30.3 Å². The fourth-order valence-corrected chi connectivity index (χ4v) is 1.93. The van der Waals surface area contributed by atoms with Crippen molar-refractivity contribution < 1.29 is 9.84 Å². The molecule has 0 aliphatic rings. The highest BCUT2D eigenvalue weighted by Gasteiger charge is 2.07. The standard InChI is InChI=1S/C16H19NO2/c1-12(17)15-4-2-3-5-16(15)19-14-8-6-13(7-9-14)10-11-18/h2-9,12,18H,10-11,17H2,1H3/t12-/m0/s1. The molecule has 0 amide bonds. The van der Waals surface area contributed by atoms with Gasteiger partial charge in [0.25, 0.3) is 0 Å². The largest absolute Gasteiger partial charge is 0.457 e. The predicted octanol–water partition coefficient (Wildman–Crippen LogP) is 3.03. The van der Waals surface area contributed by atoms with E-state index < -0.39 is 0 Å². The Morgan fingerprint density at radius 3 is 2.42 bits per heavy atom. The molecule has 3 nitrogen and oxygen atoms in total. The lowest BCUT2D eigenvalue weighted by Crippen LogP contribution is -2.06. The molecule has 0 bridgehead atoms. The van der Waals surface area contributed by atoms with Crippen LogP contribution in [0.4, 0.5) is 0 Å². The fourth-order valence-electron chi connectivity index (χ4n) is 1.93. The molecular formula is C16H19NO2. The molecule has 0 aliphatic heterocycles. The van der Waals surface area contributed by atoms with Gasteiger partial charge in [0.05, 0.1) is 0 Å². The molecule has 0 spiro atoms. The molecule has 19 heavy (non-hydrogen) atoms. The summed E-state index contributed by atoms with van der Waals surface area (Å²) < 4.78 is 5.86. The maximum atomic E-state index is 8.88. The van der Waals surface area contributed by atoms with Crippen molar-refractivity contribution in [1.29, 1.82) is 0 Å². The Labute approximate surface area is 113 Å². The Morgan fingerprint density at radius 2 is 1.79 bits per heavy atom. The molecule has 1 atom stereocenters. The van der Waals surface area contributed by atoms with Crippen molar-refractivity contribution in [3.63, 3.8) is 0 Å². The van der Waals surface area contributed by atoms with Crippen LogP contribution in [0, 0.1) is 0 Å². The van der Waals surface area contributed by atoms with Gasteiger partial charge < -0.3 is 15.6 Å². The molecule has 0 saturated carbocycles. The predicted molar refractivity (Wildman–Crippen MR) is 76.4 cm³/mol. The van der Waals surface area contributed by atoms with Crippen molar-refractivity contribution in [3.8, 4) is 11.5 Å². The molecule has 0 radical (unpaired) electrons. The van der Waals surface area contributed by atoms with Crippen LogP contribution >= 0.6 is 0 Å². The van der Waals surface area contributed by atoms with Crippen LogP contribution < -0.4 is 10.5 Å². The molecule has 2 rings (SSSR count).